The SMILES string of the molecule is CCCc1nccn1-c1ncc(Br)cc1C(F)(F)F. The van der Waals surface area contributed by atoms with Gasteiger partial charge in [0.2, 0.25) is 0 Å². The summed E-state index contributed by atoms with van der Waals surface area (Å²) in [6, 6.07) is 1.03. The Morgan fingerprint density at radius 2 is 2.05 bits per heavy atom. The van der Waals surface area contributed by atoms with Crippen LogP contribution in [-0.2, 0) is 12.6 Å². The molecule has 0 saturated heterocycles. The molecule has 0 spiro atoms. The van der Waals surface area contributed by atoms with E-state index in [0.29, 0.717) is 16.7 Å². The molecule has 0 unspecified atom stereocenters. The molecule has 0 aromatic carbocycles. The van der Waals surface area contributed by atoms with Gasteiger partial charge in [0.05, 0.1) is 5.56 Å². The van der Waals surface area contributed by atoms with E-state index in [2.05, 4.69) is 25.9 Å². The Kier molecular flexibility index (Phi) is 3.93. The summed E-state index contributed by atoms with van der Waals surface area (Å²) in [6.45, 7) is 1.94. The van der Waals surface area contributed by atoms with E-state index in [4.69, 9.17) is 0 Å². The summed E-state index contributed by atoms with van der Waals surface area (Å²) in [5.41, 5.74) is -0.780. The molecule has 0 radical (unpaired) electrons. The third-order valence-electron chi connectivity index (χ3n) is 2.56. The van der Waals surface area contributed by atoms with E-state index in [0.717, 1.165) is 12.5 Å². The van der Waals surface area contributed by atoms with Crippen LogP contribution < -0.4 is 0 Å². The van der Waals surface area contributed by atoms with Crippen molar-refractivity contribution in [2.45, 2.75) is 25.9 Å². The molecule has 19 heavy (non-hydrogen) atoms. The summed E-state index contributed by atoms with van der Waals surface area (Å²) in [5, 5.41) is 0. The zero-order valence-electron chi connectivity index (χ0n) is 10.1. The van der Waals surface area contributed by atoms with Gasteiger partial charge >= 0.3 is 6.18 Å². The highest BCUT2D eigenvalue weighted by molar-refractivity contribution is 9.10. The Balaban J connectivity index is 2.58. The standard InChI is InChI=1S/C12H11BrF3N3/c1-2-3-10-17-4-5-19(10)11-9(12(14,15)16)6-8(13)7-18-11/h4-7H,2-3H2,1H3. The van der Waals surface area contributed by atoms with Gasteiger partial charge in [0.25, 0.3) is 0 Å². The highest BCUT2D eigenvalue weighted by Gasteiger charge is 2.35. The van der Waals surface area contributed by atoms with Crippen molar-refractivity contribution in [1.29, 1.82) is 0 Å². The highest BCUT2D eigenvalue weighted by Crippen LogP contribution is 2.34. The van der Waals surface area contributed by atoms with Gasteiger partial charge in [0.15, 0.2) is 0 Å². The maximum Gasteiger partial charge on any atom is 0.420 e. The predicted octanol–water partition coefficient (Wildman–Crippen LogP) is 4.00. The molecule has 0 aliphatic heterocycles. The fourth-order valence-corrected chi connectivity index (χ4v) is 2.10. The fraction of sp³-hybridized carbons (Fsp3) is 0.333. The molecule has 0 aliphatic rings. The molecule has 0 bridgehead atoms. The molecule has 102 valence electrons. The number of nitrogens with zero attached hydrogens (tertiary/aromatic N) is 3. The summed E-state index contributed by atoms with van der Waals surface area (Å²) in [6.07, 6.45) is 1.27. The van der Waals surface area contributed by atoms with Gasteiger partial charge in [0, 0.05) is 29.5 Å². The number of hydrogen-bond acceptors (Lipinski definition) is 2. The maximum absolute atomic E-state index is 13.0. The third kappa shape index (κ3) is 2.97. The molecule has 0 fully saturated rings. The van der Waals surface area contributed by atoms with Crippen LogP contribution in [0.25, 0.3) is 5.82 Å². The topological polar surface area (TPSA) is 30.7 Å². The Bertz CT molecular complexity index is 578. The van der Waals surface area contributed by atoms with Crippen LogP contribution >= 0.6 is 15.9 Å². The Morgan fingerprint density at radius 3 is 2.68 bits per heavy atom. The van der Waals surface area contributed by atoms with Crippen LogP contribution in [0.4, 0.5) is 13.2 Å². The predicted molar refractivity (Wildman–Crippen MR) is 68.1 cm³/mol. The van der Waals surface area contributed by atoms with Crippen molar-refractivity contribution in [2.75, 3.05) is 0 Å². The molecule has 0 saturated carbocycles. The molecule has 0 N–H and O–H groups in total. The smallest absolute Gasteiger partial charge is 0.287 e. The molecule has 0 amide bonds. The van der Waals surface area contributed by atoms with Crippen molar-refractivity contribution in [3.63, 3.8) is 0 Å². The largest absolute Gasteiger partial charge is 0.420 e. The zero-order valence-corrected chi connectivity index (χ0v) is 11.7. The van der Waals surface area contributed by atoms with Crippen molar-refractivity contribution >= 4 is 15.9 Å². The lowest BCUT2D eigenvalue weighted by molar-refractivity contribution is -0.137. The number of alkyl halides is 3. The maximum atomic E-state index is 13.0. The number of halogens is 4. The van der Waals surface area contributed by atoms with Crippen LogP contribution in [0.5, 0.6) is 0 Å². The van der Waals surface area contributed by atoms with Crippen LogP contribution in [0.2, 0.25) is 0 Å². The summed E-state index contributed by atoms with van der Waals surface area (Å²) in [4.78, 5) is 7.96. The second-order valence-electron chi connectivity index (χ2n) is 3.99. The summed E-state index contributed by atoms with van der Waals surface area (Å²) < 4.78 is 40.8. The lowest BCUT2D eigenvalue weighted by Gasteiger charge is -2.14. The first-order valence-corrected chi connectivity index (χ1v) is 6.48. The number of pyridine rings is 1. The lowest BCUT2D eigenvalue weighted by atomic mass is 10.2. The quantitative estimate of drug-likeness (QED) is 0.849. The minimum absolute atomic E-state index is 0.142. The molecule has 2 rings (SSSR count). The summed E-state index contributed by atoms with van der Waals surface area (Å²) in [7, 11) is 0. The van der Waals surface area contributed by atoms with E-state index in [1.807, 2.05) is 6.92 Å². The Morgan fingerprint density at radius 1 is 1.32 bits per heavy atom. The first-order chi connectivity index (χ1) is 8.93. The van der Waals surface area contributed by atoms with Crippen molar-refractivity contribution in [3.05, 3.63) is 40.5 Å². The number of aromatic nitrogens is 3. The van der Waals surface area contributed by atoms with Crippen molar-refractivity contribution in [2.24, 2.45) is 0 Å². The third-order valence-corrected chi connectivity index (χ3v) is 2.99. The molecule has 7 heteroatoms. The van der Waals surface area contributed by atoms with E-state index in [1.165, 1.54) is 23.2 Å². The van der Waals surface area contributed by atoms with Gasteiger partial charge in [-0.1, -0.05) is 6.92 Å². The molecule has 0 atom stereocenters. The van der Waals surface area contributed by atoms with Crippen LogP contribution in [0, 0.1) is 0 Å². The molecule has 3 nitrogen and oxygen atoms in total. The van der Waals surface area contributed by atoms with Crippen LogP contribution in [0.1, 0.15) is 24.7 Å². The highest BCUT2D eigenvalue weighted by atomic mass is 79.9. The fourth-order valence-electron chi connectivity index (χ4n) is 1.77. The van der Waals surface area contributed by atoms with E-state index in [9.17, 15) is 13.2 Å². The average molecular weight is 334 g/mol. The Hall–Kier alpha value is -1.37. The first-order valence-electron chi connectivity index (χ1n) is 5.68. The van der Waals surface area contributed by atoms with Gasteiger partial charge in [-0.15, -0.1) is 0 Å². The van der Waals surface area contributed by atoms with E-state index in [-0.39, 0.29) is 5.82 Å². The zero-order chi connectivity index (χ0) is 14.0. The molecular formula is C12H11BrF3N3. The van der Waals surface area contributed by atoms with Crippen LogP contribution in [-0.4, -0.2) is 14.5 Å². The van der Waals surface area contributed by atoms with Crippen LogP contribution in [0.15, 0.2) is 29.1 Å². The van der Waals surface area contributed by atoms with E-state index in [1.54, 1.807) is 0 Å². The van der Waals surface area contributed by atoms with Crippen molar-refractivity contribution in [3.8, 4) is 5.82 Å². The molecule has 2 heterocycles. The van der Waals surface area contributed by atoms with Gasteiger partial charge in [-0.3, -0.25) is 4.57 Å². The summed E-state index contributed by atoms with van der Waals surface area (Å²) >= 11 is 3.01. The number of rotatable bonds is 3. The monoisotopic (exact) mass is 333 g/mol. The minimum atomic E-state index is -4.46. The molecular weight excluding hydrogens is 323 g/mol. The van der Waals surface area contributed by atoms with Gasteiger partial charge in [-0.25, -0.2) is 9.97 Å². The molecule has 0 aliphatic carbocycles. The van der Waals surface area contributed by atoms with E-state index < -0.39 is 11.7 Å². The second-order valence-corrected chi connectivity index (χ2v) is 4.90. The summed E-state index contributed by atoms with van der Waals surface area (Å²) in [5.74, 6) is 0.430. The van der Waals surface area contributed by atoms with Crippen molar-refractivity contribution < 1.29 is 13.2 Å². The molecule has 2 aromatic heterocycles. The van der Waals surface area contributed by atoms with Gasteiger partial charge in [0.1, 0.15) is 11.6 Å². The normalized spacial score (nSPS) is 11.8. The van der Waals surface area contributed by atoms with E-state index >= 15 is 0 Å². The van der Waals surface area contributed by atoms with Crippen LogP contribution in [0.3, 0.4) is 0 Å². The van der Waals surface area contributed by atoms with Gasteiger partial charge in [-0.05, 0) is 28.4 Å². The van der Waals surface area contributed by atoms with Gasteiger partial charge in [-0.2, -0.15) is 13.2 Å². The lowest BCUT2D eigenvalue weighted by Crippen LogP contribution is -2.14. The first kappa shape index (κ1) is 14.0. The second kappa shape index (κ2) is 5.32. The number of imidazole rings is 1. The minimum Gasteiger partial charge on any atom is -0.287 e. The average Bonchev–Trinajstić information content (AvgIpc) is 2.76. The Labute approximate surface area is 116 Å². The molecule has 2 aromatic rings. The number of hydrogen-bond donors (Lipinski definition) is 0. The number of aryl methyl sites for hydroxylation is 1. The van der Waals surface area contributed by atoms with Gasteiger partial charge < -0.3 is 0 Å². The van der Waals surface area contributed by atoms with Crippen molar-refractivity contribution in [1.82, 2.24) is 14.5 Å².